The molecule has 28 heavy (non-hydrogen) atoms. The van der Waals surface area contributed by atoms with Crippen LogP contribution in [-0.2, 0) is 11.3 Å². The zero-order valence-corrected chi connectivity index (χ0v) is 16.5. The number of halogens is 1. The molecular formula is C21H23ClN4O2. The molecule has 6 nitrogen and oxygen atoms in total. The Kier molecular flexibility index (Phi) is 4.98. The first-order chi connectivity index (χ1) is 13.5. The van der Waals surface area contributed by atoms with Gasteiger partial charge < -0.3 is 15.1 Å². The number of likely N-dealkylation sites (tertiary alicyclic amines) is 1. The number of aromatic nitrogens is 1. The summed E-state index contributed by atoms with van der Waals surface area (Å²) in [5.74, 6) is 0.139. The molecule has 146 valence electrons. The number of anilines is 1. The van der Waals surface area contributed by atoms with Crippen LogP contribution in [-0.4, -0.2) is 46.9 Å². The van der Waals surface area contributed by atoms with Crippen molar-refractivity contribution in [1.82, 2.24) is 14.8 Å². The van der Waals surface area contributed by atoms with Crippen molar-refractivity contribution >= 4 is 29.2 Å². The second kappa shape index (κ2) is 7.43. The fourth-order valence-corrected chi connectivity index (χ4v) is 4.16. The maximum Gasteiger partial charge on any atom is 0.321 e. The van der Waals surface area contributed by atoms with E-state index in [1.165, 1.54) is 0 Å². The molecule has 2 fully saturated rings. The van der Waals surface area contributed by atoms with E-state index in [1.54, 1.807) is 40.3 Å². The molecule has 1 aromatic carbocycles. The molecule has 2 aliphatic rings. The molecule has 2 aromatic rings. The Hall–Kier alpha value is -2.60. The summed E-state index contributed by atoms with van der Waals surface area (Å²) in [6, 6.07) is 12.6. The Morgan fingerprint density at radius 1 is 1.29 bits per heavy atom. The molecule has 1 saturated heterocycles. The second-order valence-electron chi connectivity index (χ2n) is 7.74. The fraction of sp³-hybridized carbons (Fsp3) is 0.381. The van der Waals surface area contributed by atoms with Crippen molar-refractivity contribution < 1.29 is 9.59 Å². The van der Waals surface area contributed by atoms with Gasteiger partial charge in [0.25, 0.3) is 0 Å². The van der Waals surface area contributed by atoms with E-state index in [0.29, 0.717) is 30.3 Å². The lowest BCUT2D eigenvalue weighted by atomic mass is 10.0. The van der Waals surface area contributed by atoms with Gasteiger partial charge in [-0.1, -0.05) is 17.7 Å². The van der Waals surface area contributed by atoms with Crippen molar-refractivity contribution in [3.63, 3.8) is 0 Å². The fourth-order valence-electron chi connectivity index (χ4n) is 4.03. The number of pyridine rings is 1. The number of amides is 3. The summed E-state index contributed by atoms with van der Waals surface area (Å²) in [4.78, 5) is 33.2. The van der Waals surface area contributed by atoms with Gasteiger partial charge in [-0.15, -0.1) is 0 Å². The standard InChI is InChI=1S/C21H23ClN4O2/c1-25(13-17-4-2-3-10-23-17)19(27)18-12-21(18)9-11-26(14-21)20(28)24-16-7-5-15(22)6-8-16/h2-8,10,18H,9,11-14H2,1H3,(H,24,28). The molecule has 1 aliphatic heterocycles. The molecule has 1 saturated carbocycles. The number of carbonyl (C=O) groups is 2. The van der Waals surface area contributed by atoms with Crippen molar-refractivity contribution in [3.05, 3.63) is 59.4 Å². The summed E-state index contributed by atoms with van der Waals surface area (Å²) in [6.45, 7) is 1.81. The molecular weight excluding hydrogens is 376 g/mol. The third-order valence-electron chi connectivity index (χ3n) is 5.76. The van der Waals surface area contributed by atoms with Crippen LogP contribution >= 0.6 is 11.6 Å². The molecule has 1 spiro atoms. The van der Waals surface area contributed by atoms with Gasteiger partial charge in [0.2, 0.25) is 5.91 Å². The summed E-state index contributed by atoms with van der Waals surface area (Å²) < 4.78 is 0. The van der Waals surface area contributed by atoms with Gasteiger partial charge in [-0.2, -0.15) is 0 Å². The highest BCUT2D eigenvalue weighted by molar-refractivity contribution is 6.30. The van der Waals surface area contributed by atoms with Crippen molar-refractivity contribution in [2.75, 3.05) is 25.5 Å². The zero-order chi connectivity index (χ0) is 19.7. The van der Waals surface area contributed by atoms with Crippen molar-refractivity contribution in [2.45, 2.75) is 19.4 Å². The molecule has 4 rings (SSSR count). The first-order valence-electron chi connectivity index (χ1n) is 9.43. The van der Waals surface area contributed by atoms with Crippen LogP contribution in [0.5, 0.6) is 0 Å². The quantitative estimate of drug-likeness (QED) is 0.855. The van der Waals surface area contributed by atoms with E-state index < -0.39 is 0 Å². The van der Waals surface area contributed by atoms with Gasteiger partial charge in [-0.25, -0.2) is 4.79 Å². The molecule has 2 heterocycles. The monoisotopic (exact) mass is 398 g/mol. The average Bonchev–Trinajstić information content (AvgIpc) is 3.22. The Morgan fingerprint density at radius 3 is 2.79 bits per heavy atom. The highest BCUT2D eigenvalue weighted by Crippen LogP contribution is 2.59. The predicted octanol–water partition coefficient (Wildman–Crippen LogP) is 3.64. The lowest BCUT2D eigenvalue weighted by molar-refractivity contribution is -0.132. The van der Waals surface area contributed by atoms with Gasteiger partial charge in [-0.05, 0) is 49.2 Å². The summed E-state index contributed by atoms with van der Waals surface area (Å²) >= 11 is 5.88. The van der Waals surface area contributed by atoms with Crippen LogP contribution in [0.1, 0.15) is 18.5 Å². The number of hydrogen-bond donors (Lipinski definition) is 1. The van der Waals surface area contributed by atoms with Crippen molar-refractivity contribution in [2.24, 2.45) is 11.3 Å². The van der Waals surface area contributed by atoms with E-state index in [9.17, 15) is 9.59 Å². The minimum Gasteiger partial charge on any atom is -0.340 e. The third-order valence-corrected chi connectivity index (χ3v) is 6.01. The average molecular weight is 399 g/mol. The van der Waals surface area contributed by atoms with Crippen molar-refractivity contribution in [3.8, 4) is 0 Å². The Morgan fingerprint density at radius 2 is 2.07 bits per heavy atom. The lowest BCUT2D eigenvalue weighted by Crippen LogP contribution is -2.34. The highest BCUT2D eigenvalue weighted by atomic mass is 35.5. The molecule has 2 unspecified atom stereocenters. The topological polar surface area (TPSA) is 65.5 Å². The molecule has 1 aromatic heterocycles. The minimum absolute atomic E-state index is 0.00505. The van der Waals surface area contributed by atoms with E-state index in [2.05, 4.69) is 10.3 Å². The molecule has 7 heteroatoms. The maximum atomic E-state index is 12.8. The summed E-state index contributed by atoms with van der Waals surface area (Å²) in [5, 5.41) is 3.53. The normalized spacial score (nSPS) is 22.9. The molecule has 2 atom stereocenters. The third kappa shape index (κ3) is 3.83. The van der Waals surface area contributed by atoms with E-state index >= 15 is 0 Å². The Bertz CT molecular complexity index is 874. The summed E-state index contributed by atoms with van der Waals surface area (Å²) in [7, 11) is 1.82. The predicted molar refractivity (Wildman–Crippen MR) is 108 cm³/mol. The van der Waals surface area contributed by atoms with Crippen LogP contribution in [0.4, 0.5) is 10.5 Å². The van der Waals surface area contributed by atoms with Crippen LogP contribution in [0.2, 0.25) is 5.02 Å². The lowest BCUT2D eigenvalue weighted by Gasteiger charge is -2.20. The highest BCUT2D eigenvalue weighted by Gasteiger charge is 2.61. The van der Waals surface area contributed by atoms with Crippen LogP contribution in [0.3, 0.4) is 0 Å². The molecule has 1 N–H and O–H groups in total. The largest absolute Gasteiger partial charge is 0.340 e. The first-order valence-corrected chi connectivity index (χ1v) is 9.81. The van der Waals surface area contributed by atoms with Crippen LogP contribution in [0.15, 0.2) is 48.7 Å². The SMILES string of the molecule is CN(Cc1ccccn1)C(=O)C1CC12CCN(C(=O)Nc1ccc(Cl)cc1)C2. The van der Waals surface area contributed by atoms with Gasteiger partial charge in [0, 0.05) is 48.4 Å². The summed E-state index contributed by atoms with van der Waals surface area (Å²) in [5.41, 5.74) is 1.53. The van der Waals surface area contributed by atoms with Gasteiger partial charge in [0.1, 0.15) is 0 Å². The van der Waals surface area contributed by atoms with Crippen LogP contribution in [0.25, 0.3) is 0 Å². The number of rotatable bonds is 4. The molecule has 3 amide bonds. The molecule has 0 radical (unpaired) electrons. The van der Waals surface area contributed by atoms with Gasteiger partial charge in [0.05, 0.1) is 12.2 Å². The second-order valence-corrected chi connectivity index (χ2v) is 8.18. The smallest absolute Gasteiger partial charge is 0.321 e. The first kappa shape index (κ1) is 18.7. The number of carbonyl (C=O) groups excluding carboxylic acids is 2. The Labute approximate surface area is 169 Å². The maximum absolute atomic E-state index is 12.8. The number of hydrogen-bond acceptors (Lipinski definition) is 3. The van der Waals surface area contributed by atoms with Crippen molar-refractivity contribution in [1.29, 1.82) is 0 Å². The molecule has 0 bridgehead atoms. The van der Waals surface area contributed by atoms with Gasteiger partial charge in [0.15, 0.2) is 0 Å². The van der Waals surface area contributed by atoms with E-state index in [-0.39, 0.29) is 23.3 Å². The molecule has 1 aliphatic carbocycles. The van der Waals surface area contributed by atoms with Crippen LogP contribution in [0, 0.1) is 11.3 Å². The summed E-state index contributed by atoms with van der Waals surface area (Å²) in [6.07, 6.45) is 3.46. The van der Waals surface area contributed by atoms with E-state index in [0.717, 1.165) is 18.5 Å². The number of nitrogens with one attached hydrogen (secondary N) is 1. The van der Waals surface area contributed by atoms with Gasteiger partial charge in [-0.3, -0.25) is 9.78 Å². The Balaban J connectivity index is 1.32. The minimum atomic E-state index is -0.126. The van der Waals surface area contributed by atoms with Crippen LogP contribution < -0.4 is 5.32 Å². The zero-order valence-electron chi connectivity index (χ0n) is 15.8. The number of benzene rings is 1. The van der Waals surface area contributed by atoms with Gasteiger partial charge >= 0.3 is 6.03 Å². The number of urea groups is 1. The number of nitrogens with zero attached hydrogens (tertiary/aromatic N) is 3. The van der Waals surface area contributed by atoms with E-state index in [1.807, 2.05) is 25.2 Å². The van der Waals surface area contributed by atoms with E-state index in [4.69, 9.17) is 11.6 Å².